The van der Waals surface area contributed by atoms with E-state index >= 15 is 0 Å². The molecule has 0 aliphatic carbocycles. The third kappa shape index (κ3) is 7.19. The van der Waals surface area contributed by atoms with Gasteiger partial charge in [-0.3, -0.25) is 4.79 Å². The van der Waals surface area contributed by atoms with E-state index in [1.165, 1.54) is 21.7 Å². The zero-order valence-corrected chi connectivity index (χ0v) is 19.3. The van der Waals surface area contributed by atoms with Crippen LogP contribution in [-0.2, 0) is 4.79 Å². The zero-order chi connectivity index (χ0) is 19.8. The number of rotatable bonds is 9. The van der Waals surface area contributed by atoms with Crippen molar-refractivity contribution in [3.05, 3.63) is 72.3 Å². The van der Waals surface area contributed by atoms with E-state index in [9.17, 15) is 14.7 Å². The molecule has 0 saturated carbocycles. The Hall–Kier alpha value is -1.79. The zero-order valence-electron chi connectivity index (χ0n) is 16.5. The predicted octanol–water partition coefficient (Wildman–Crippen LogP) is 1.50. The van der Waals surface area contributed by atoms with Crippen molar-refractivity contribution in [2.75, 3.05) is 11.1 Å². The van der Waals surface area contributed by atoms with Crippen LogP contribution in [0.15, 0.2) is 71.6 Å². The van der Waals surface area contributed by atoms with Crippen molar-refractivity contribution >= 4 is 40.1 Å². The Bertz CT molecular complexity index is 977. The van der Waals surface area contributed by atoms with Crippen molar-refractivity contribution in [1.29, 1.82) is 0 Å². The minimum absolute atomic E-state index is 0. The molecule has 0 bridgehead atoms. The van der Waals surface area contributed by atoms with Crippen molar-refractivity contribution in [1.82, 2.24) is 0 Å². The van der Waals surface area contributed by atoms with E-state index in [2.05, 4.69) is 35.6 Å². The average Bonchev–Trinajstić information content (AvgIpc) is 2.70. The molecule has 1 N–H and O–H groups in total. The molecule has 0 saturated heterocycles. The van der Waals surface area contributed by atoms with Gasteiger partial charge in [0.1, 0.15) is 0 Å². The number of benzene rings is 3. The van der Waals surface area contributed by atoms with Gasteiger partial charge >= 0.3 is 29.6 Å². The average molecular weight is 415 g/mol. The summed E-state index contributed by atoms with van der Waals surface area (Å²) < 4.78 is 0. The fourth-order valence-electron chi connectivity index (χ4n) is 2.99. The molecule has 0 aliphatic heterocycles. The van der Waals surface area contributed by atoms with Gasteiger partial charge in [-0.1, -0.05) is 55.0 Å². The van der Waals surface area contributed by atoms with Crippen molar-refractivity contribution in [2.24, 2.45) is 0 Å². The van der Waals surface area contributed by atoms with Crippen molar-refractivity contribution in [3.8, 4) is 0 Å². The summed E-state index contributed by atoms with van der Waals surface area (Å²) in [6.07, 6.45) is 3.14. The molecule has 144 valence electrons. The summed E-state index contributed by atoms with van der Waals surface area (Å²) in [7, 11) is 0. The van der Waals surface area contributed by atoms with Gasteiger partial charge in [-0.15, -0.1) is 11.8 Å². The van der Waals surface area contributed by atoms with Crippen molar-refractivity contribution < 1.29 is 44.3 Å². The van der Waals surface area contributed by atoms with Gasteiger partial charge in [0, 0.05) is 22.6 Å². The molecule has 0 fully saturated rings. The first-order valence-corrected chi connectivity index (χ1v) is 10.3. The van der Waals surface area contributed by atoms with E-state index in [0.717, 1.165) is 25.0 Å². The molecule has 0 spiro atoms. The Morgan fingerprint density at radius 2 is 1.59 bits per heavy atom. The minimum atomic E-state index is -1.29. The van der Waals surface area contributed by atoms with Gasteiger partial charge in [0.15, 0.2) is 0 Å². The van der Waals surface area contributed by atoms with Crippen LogP contribution in [-0.4, -0.2) is 17.6 Å². The molecule has 4 nitrogen and oxygen atoms in total. The van der Waals surface area contributed by atoms with E-state index in [1.54, 1.807) is 18.2 Å². The van der Waals surface area contributed by atoms with Gasteiger partial charge in [-0.05, 0) is 47.6 Å². The Labute approximate surface area is 197 Å². The van der Waals surface area contributed by atoms with Gasteiger partial charge < -0.3 is 15.2 Å². The molecule has 29 heavy (non-hydrogen) atoms. The van der Waals surface area contributed by atoms with Crippen LogP contribution >= 0.6 is 11.8 Å². The number of fused-ring (bicyclic) bond motifs is 1. The number of aromatic carboxylic acids is 1. The van der Waals surface area contributed by atoms with E-state index in [4.69, 9.17) is 0 Å². The summed E-state index contributed by atoms with van der Waals surface area (Å²) in [5.41, 5.74) is 0.294. The van der Waals surface area contributed by atoms with E-state index < -0.39 is 5.97 Å². The van der Waals surface area contributed by atoms with Crippen LogP contribution in [0.25, 0.3) is 10.8 Å². The monoisotopic (exact) mass is 415 g/mol. The van der Waals surface area contributed by atoms with Crippen LogP contribution in [0.4, 0.5) is 5.69 Å². The number of hydrogen-bond acceptors (Lipinski definition) is 4. The summed E-state index contributed by atoms with van der Waals surface area (Å²) in [6.45, 7) is 0. The van der Waals surface area contributed by atoms with Gasteiger partial charge in [0.05, 0.1) is 5.97 Å². The van der Waals surface area contributed by atoms with E-state index in [1.807, 2.05) is 23.9 Å². The largest absolute Gasteiger partial charge is 1.00 e. The second-order valence-electron chi connectivity index (χ2n) is 6.55. The summed E-state index contributed by atoms with van der Waals surface area (Å²) in [6, 6.07) is 21.1. The summed E-state index contributed by atoms with van der Waals surface area (Å²) >= 11 is 1.83. The Morgan fingerprint density at radius 3 is 2.38 bits per heavy atom. The third-order valence-electron chi connectivity index (χ3n) is 4.46. The molecule has 3 aromatic rings. The first-order valence-electron chi connectivity index (χ1n) is 9.35. The normalized spacial score (nSPS) is 10.3. The Morgan fingerprint density at radius 1 is 0.862 bits per heavy atom. The second-order valence-corrected chi connectivity index (χ2v) is 7.72. The van der Waals surface area contributed by atoms with Gasteiger partial charge in [-0.2, -0.15) is 0 Å². The number of carbonyl (C=O) groups is 2. The number of hydrogen-bond donors (Lipinski definition) is 1. The molecule has 1 amide bonds. The fourth-order valence-corrected chi connectivity index (χ4v) is 3.95. The molecule has 3 aromatic carbocycles. The standard InChI is InChI=1S/C23H23NO3S.Na/c25-22(24-21-11-6-5-10-20(21)23(26)27)12-2-1-7-15-28-19-14-13-17-8-3-4-9-18(17)16-19;/h3-6,8-11,13-14,16H,1-2,7,12,15H2,(H,24,25)(H,26,27);/q;+1/p-1. The number of carbonyl (C=O) groups excluding carboxylic acids is 2. The molecule has 3 rings (SSSR count). The number of para-hydroxylation sites is 1. The molecular weight excluding hydrogens is 393 g/mol. The molecule has 0 heterocycles. The molecule has 0 atom stereocenters. The maximum atomic E-state index is 12.0. The van der Waals surface area contributed by atoms with Crippen LogP contribution in [0.5, 0.6) is 0 Å². The minimum Gasteiger partial charge on any atom is -0.545 e. The topological polar surface area (TPSA) is 69.2 Å². The quantitative estimate of drug-likeness (QED) is 0.327. The fraction of sp³-hybridized carbons (Fsp3) is 0.217. The summed E-state index contributed by atoms with van der Waals surface area (Å²) in [4.78, 5) is 24.4. The van der Waals surface area contributed by atoms with Crippen LogP contribution in [0.1, 0.15) is 36.0 Å². The number of thioether (sulfide) groups is 1. The SMILES string of the molecule is O=C(CCCCCSc1ccc2ccccc2c1)Nc1ccccc1C(=O)[O-].[Na+]. The van der Waals surface area contributed by atoms with Crippen LogP contribution < -0.4 is 40.0 Å². The molecule has 0 radical (unpaired) electrons. The maximum absolute atomic E-state index is 12.0. The predicted molar refractivity (Wildman–Crippen MR) is 113 cm³/mol. The Balaban J connectivity index is 0.00000300. The van der Waals surface area contributed by atoms with Crippen molar-refractivity contribution in [3.63, 3.8) is 0 Å². The smallest absolute Gasteiger partial charge is 0.545 e. The first-order chi connectivity index (χ1) is 13.6. The second kappa shape index (κ2) is 12.0. The van der Waals surface area contributed by atoms with Crippen molar-refractivity contribution in [2.45, 2.75) is 30.6 Å². The van der Waals surface area contributed by atoms with Crippen LogP contribution in [0.3, 0.4) is 0 Å². The number of amides is 1. The third-order valence-corrected chi connectivity index (χ3v) is 5.54. The molecular formula is C23H22NNaO3S. The van der Waals surface area contributed by atoms with E-state index in [-0.39, 0.29) is 41.0 Å². The van der Waals surface area contributed by atoms with Crippen LogP contribution in [0, 0.1) is 0 Å². The molecule has 0 aromatic heterocycles. The number of nitrogens with one attached hydrogen (secondary N) is 1. The number of carboxylic acids is 1. The number of carboxylic acid groups (broad SMARTS) is 1. The number of anilines is 1. The molecule has 6 heteroatoms. The Kier molecular flexibility index (Phi) is 9.74. The summed E-state index contributed by atoms with van der Waals surface area (Å²) in [5.74, 6) is -0.453. The summed E-state index contributed by atoms with van der Waals surface area (Å²) in [5, 5.41) is 16.2. The van der Waals surface area contributed by atoms with Gasteiger partial charge in [0.2, 0.25) is 5.91 Å². The first kappa shape index (κ1) is 23.5. The van der Waals surface area contributed by atoms with Gasteiger partial charge in [0.25, 0.3) is 0 Å². The molecule has 0 unspecified atom stereocenters. The maximum Gasteiger partial charge on any atom is 1.00 e. The van der Waals surface area contributed by atoms with Gasteiger partial charge in [-0.25, -0.2) is 0 Å². The number of unbranched alkanes of at least 4 members (excludes halogenated alkanes) is 2. The van der Waals surface area contributed by atoms with E-state index in [0.29, 0.717) is 12.1 Å². The molecule has 0 aliphatic rings. The van der Waals surface area contributed by atoms with Crippen LogP contribution in [0.2, 0.25) is 0 Å².